The van der Waals surface area contributed by atoms with Crippen molar-refractivity contribution in [2.45, 2.75) is 25.3 Å². The van der Waals surface area contributed by atoms with Gasteiger partial charge in [-0.15, -0.1) is 0 Å². The normalized spacial score (nSPS) is 15.8. The van der Waals surface area contributed by atoms with Gasteiger partial charge in [-0.05, 0) is 25.3 Å². The lowest BCUT2D eigenvalue weighted by molar-refractivity contribution is 0.0696. The molecule has 1 saturated carbocycles. The molecular formula is C11H12N4O2. The first kappa shape index (κ1) is 10.1. The summed E-state index contributed by atoms with van der Waals surface area (Å²) < 4.78 is 3.34. The first-order valence-electron chi connectivity index (χ1n) is 5.58. The van der Waals surface area contributed by atoms with Crippen molar-refractivity contribution in [1.82, 2.24) is 19.6 Å². The Kier molecular flexibility index (Phi) is 2.21. The van der Waals surface area contributed by atoms with Gasteiger partial charge in [-0.2, -0.15) is 10.2 Å². The van der Waals surface area contributed by atoms with E-state index in [1.54, 1.807) is 27.8 Å². The summed E-state index contributed by atoms with van der Waals surface area (Å²) in [6.07, 6.45) is 8.04. The van der Waals surface area contributed by atoms with Crippen LogP contribution in [0.25, 0.3) is 5.82 Å². The lowest BCUT2D eigenvalue weighted by Crippen LogP contribution is -2.22. The third kappa shape index (κ3) is 1.52. The Balaban J connectivity index is 2.13. The van der Waals surface area contributed by atoms with E-state index in [0.29, 0.717) is 11.9 Å². The molecule has 0 saturated heterocycles. The van der Waals surface area contributed by atoms with E-state index in [0.717, 1.165) is 12.8 Å². The van der Waals surface area contributed by atoms with Crippen LogP contribution >= 0.6 is 0 Å². The van der Waals surface area contributed by atoms with Gasteiger partial charge in [0.2, 0.25) is 0 Å². The fourth-order valence-electron chi connectivity index (χ4n) is 2.03. The third-order valence-electron chi connectivity index (χ3n) is 3.14. The van der Waals surface area contributed by atoms with Gasteiger partial charge in [0.05, 0.1) is 12.2 Å². The van der Waals surface area contributed by atoms with Crippen molar-refractivity contribution in [1.29, 1.82) is 0 Å². The molecule has 17 heavy (non-hydrogen) atoms. The summed E-state index contributed by atoms with van der Waals surface area (Å²) in [5.41, 5.74) is 0.195. The largest absolute Gasteiger partial charge is 0.477 e. The van der Waals surface area contributed by atoms with Crippen molar-refractivity contribution in [3.63, 3.8) is 0 Å². The van der Waals surface area contributed by atoms with Crippen molar-refractivity contribution in [2.24, 2.45) is 0 Å². The van der Waals surface area contributed by atoms with E-state index < -0.39 is 5.97 Å². The molecule has 0 aliphatic heterocycles. The zero-order valence-electron chi connectivity index (χ0n) is 9.15. The van der Waals surface area contributed by atoms with Crippen molar-refractivity contribution < 1.29 is 9.90 Å². The van der Waals surface area contributed by atoms with Gasteiger partial charge < -0.3 is 5.11 Å². The second-order valence-electron chi connectivity index (χ2n) is 4.17. The number of nitrogens with zero attached hydrogens (tertiary/aromatic N) is 4. The topological polar surface area (TPSA) is 72.9 Å². The van der Waals surface area contributed by atoms with Crippen LogP contribution in [0.4, 0.5) is 0 Å². The van der Waals surface area contributed by atoms with Gasteiger partial charge in [-0.1, -0.05) is 0 Å². The highest BCUT2D eigenvalue weighted by molar-refractivity contribution is 5.90. The van der Waals surface area contributed by atoms with Crippen LogP contribution in [0.5, 0.6) is 0 Å². The van der Waals surface area contributed by atoms with Gasteiger partial charge in [-0.3, -0.25) is 0 Å². The molecule has 2 heterocycles. The maximum Gasteiger partial charge on any atom is 0.341 e. The second kappa shape index (κ2) is 3.73. The Morgan fingerprint density at radius 2 is 2.24 bits per heavy atom. The molecule has 0 atom stereocenters. The lowest BCUT2D eigenvalue weighted by Gasteiger charge is -2.27. The van der Waals surface area contributed by atoms with Gasteiger partial charge in [0, 0.05) is 12.4 Å². The zero-order chi connectivity index (χ0) is 11.8. The van der Waals surface area contributed by atoms with Crippen LogP contribution < -0.4 is 0 Å². The summed E-state index contributed by atoms with van der Waals surface area (Å²) in [4.78, 5) is 11.2. The molecule has 3 rings (SSSR count). The number of aromatic carboxylic acids is 1. The molecule has 1 aliphatic carbocycles. The number of carboxylic acid groups (broad SMARTS) is 1. The minimum absolute atomic E-state index is 0.195. The number of hydrogen-bond acceptors (Lipinski definition) is 3. The smallest absolute Gasteiger partial charge is 0.341 e. The molecule has 0 unspecified atom stereocenters. The summed E-state index contributed by atoms with van der Waals surface area (Å²) in [6, 6.07) is 2.08. The molecule has 0 spiro atoms. The molecule has 0 bridgehead atoms. The number of carbonyl (C=O) groups is 1. The Morgan fingerprint density at radius 1 is 1.41 bits per heavy atom. The van der Waals surface area contributed by atoms with Gasteiger partial charge in [0.1, 0.15) is 5.56 Å². The minimum Gasteiger partial charge on any atom is -0.477 e. The SMILES string of the molecule is O=C(O)c1cnn(C2CCC2)c1-n1cccn1. The maximum atomic E-state index is 11.2. The molecule has 2 aromatic rings. The molecule has 6 nitrogen and oxygen atoms in total. The standard InChI is InChI=1S/C11H12N4O2/c16-11(17)9-7-13-15(8-3-1-4-8)10(9)14-6-2-5-12-14/h2,5-8H,1,3-4H2,(H,16,17). The molecule has 1 aliphatic rings. The Bertz CT molecular complexity index is 540. The van der Waals surface area contributed by atoms with Gasteiger partial charge in [-0.25, -0.2) is 14.2 Å². The summed E-state index contributed by atoms with van der Waals surface area (Å²) in [5, 5.41) is 17.4. The molecule has 0 aromatic carbocycles. The third-order valence-corrected chi connectivity index (χ3v) is 3.14. The zero-order valence-corrected chi connectivity index (χ0v) is 9.15. The fourth-order valence-corrected chi connectivity index (χ4v) is 2.03. The number of carboxylic acids is 1. The molecule has 1 fully saturated rings. The second-order valence-corrected chi connectivity index (χ2v) is 4.17. The summed E-state index contributed by atoms with van der Waals surface area (Å²) in [5.74, 6) is -0.423. The van der Waals surface area contributed by atoms with E-state index in [9.17, 15) is 4.79 Å². The summed E-state index contributed by atoms with van der Waals surface area (Å²) >= 11 is 0. The van der Waals surface area contributed by atoms with Crippen molar-refractivity contribution in [2.75, 3.05) is 0 Å². The molecule has 0 amide bonds. The maximum absolute atomic E-state index is 11.2. The Morgan fingerprint density at radius 3 is 2.76 bits per heavy atom. The highest BCUT2D eigenvalue weighted by atomic mass is 16.4. The van der Waals surface area contributed by atoms with Gasteiger partial charge in [0.25, 0.3) is 0 Å². The Hall–Kier alpha value is -2.11. The van der Waals surface area contributed by atoms with Crippen LogP contribution in [-0.2, 0) is 0 Å². The van der Waals surface area contributed by atoms with E-state index >= 15 is 0 Å². The predicted octanol–water partition coefficient (Wildman–Crippen LogP) is 1.49. The monoisotopic (exact) mass is 232 g/mol. The van der Waals surface area contributed by atoms with Crippen molar-refractivity contribution in [3.8, 4) is 5.82 Å². The highest BCUT2D eigenvalue weighted by Gasteiger charge is 2.27. The quantitative estimate of drug-likeness (QED) is 0.870. The van der Waals surface area contributed by atoms with Crippen LogP contribution in [-0.4, -0.2) is 30.6 Å². The highest BCUT2D eigenvalue weighted by Crippen LogP contribution is 2.33. The predicted molar refractivity (Wildman–Crippen MR) is 59.2 cm³/mol. The molecule has 88 valence electrons. The number of hydrogen-bond donors (Lipinski definition) is 1. The summed E-state index contributed by atoms with van der Waals surface area (Å²) in [7, 11) is 0. The van der Waals surface area contributed by atoms with E-state index in [2.05, 4.69) is 10.2 Å². The van der Waals surface area contributed by atoms with Crippen molar-refractivity contribution >= 4 is 5.97 Å². The van der Waals surface area contributed by atoms with Crippen LogP contribution in [0.1, 0.15) is 35.7 Å². The van der Waals surface area contributed by atoms with E-state index in [-0.39, 0.29) is 5.56 Å². The van der Waals surface area contributed by atoms with Gasteiger partial charge >= 0.3 is 5.97 Å². The molecular weight excluding hydrogens is 220 g/mol. The van der Waals surface area contributed by atoms with Crippen LogP contribution in [0.2, 0.25) is 0 Å². The number of rotatable bonds is 3. The molecule has 1 N–H and O–H groups in total. The van der Waals surface area contributed by atoms with E-state index in [1.807, 2.05) is 0 Å². The average Bonchev–Trinajstić information content (AvgIpc) is 2.80. The lowest BCUT2D eigenvalue weighted by atomic mass is 9.93. The van der Waals surface area contributed by atoms with E-state index in [4.69, 9.17) is 5.11 Å². The molecule has 0 radical (unpaired) electrons. The first-order chi connectivity index (χ1) is 8.27. The average molecular weight is 232 g/mol. The molecule has 6 heteroatoms. The van der Waals surface area contributed by atoms with Crippen molar-refractivity contribution in [3.05, 3.63) is 30.2 Å². The van der Waals surface area contributed by atoms with Crippen LogP contribution in [0.15, 0.2) is 24.7 Å². The Labute approximate surface area is 97.5 Å². The number of aromatic nitrogens is 4. The fraction of sp³-hybridized carbons (Fsp3) is 0.364. The van der Waals surface area contributed by atoms with Crippen LogP contribution in [0.3, 0.4) is 0 Å². The van der Waals surface area contributed by atoms with Crippen LogP contribution in [0, 0.1) is 0 Å². The van der Waals surface area contributed by atoms with E-state index in [1.165, 1.54) is 12.6 Å². The first-order valence-corrected chi connectivity index (χ1v) is 5.58. The minimum atomic E-state index is -0.971. The summed E-state index contributed by atoms with van der Waals surface area (Å²) in [6.45, 7) is 0. The molecule has 2 aromatic heterocycles. The van der Waals surface area contributed by atoms with Gasteiger partial charge in [0.15, 0.2) is 5.82 Å².